The van der Waals surface area contributed by atoms with E-state index in [4.69, 9.17) is 0 Å². The minimum absolute atomic E-state index is 0.160. The van der Waals surface area contributed by atoms with E-state index in [0.29, 0.717) is 5.69 Å². The molecule has 1 atom stereocenters. The molecular formula is C31H38FN3O4S. The van der Waals surface area contributed by atoms with E-state index < -0.39 is 45.8 Å². The third-order valence-electron chi connectivity index (χ3n) is 6.38. The number of hydrogen-bond acceptors (Lipinski definition) is 4. The van der Waals surface area contributed by atoms with Crippen molar-refractivity contribution < 1.29 is 22.4 Å². The van der Waals surface area contributed by atoms with Crippen LogP contribution in [0.15, 0.2) is 78.9 Å². The van der Waals surface area contributed by atoms with Gasteiger partial charge in [0.25, 0.3) is 0 Å². The molecule has 2 amide bonds. The molecule has 0 heterocycles. The first kappa shape index (κ1) is 30.8. The SMILES string of the molecule is CCc1ccc(N(CC(=O)N(Cc2ccccc2F)[C@@H](Cc2ccccc2)C(=O)NC(C)(C)C)S(C)(=O)=O)cc1. The molecule has 0 fully saturated rings. The summed E-state index contributed by atoms with van der Waals surface area (Å²) in [5, 5.41) is 2.94. The monoisotopic (exact) mass is 567 g/mol. The highest BCUT2D eigenvalue weighted by Crippen LogP contribution is 2.22. The van der Waals surface area contributed by atoms with E-state index in [-0.39, 0.29) is 18.5 Å². The van der Waals surface area contributed by atoms with Gasteiger partial charge >= 0.3 is 0 Å². The number of carbonyl (C=O) groups excluding carboxylic acids is 2. The van der Waals surface area contributed by atoms with Gasteiger partial charge in [0.1, 0.15) is 18.4 Å². The summed E-state index contributed by atoms with van der Waals surface area (Å²) in [5.74, 6) is -1.57. The summed E-state index contributed by atoms with van der Waals surface area (Å²) in [4.78, 5) is 29.0. The third kappa shape index (κ3) is 8.64. The van der Waals surface area contributed by atoms with E-state index in [0.717, 1.165) is 28.1 Å². The lowest BCUT2D eigenvalue weighted by Gasteiger charge is -2.35. The average Bonchev–Trinajstić information content (AvgIpc) is 2.89. The molecule has 0 aliphatic heterocycles. The Labute approximate surface area is 237 Å². The van der Waals surface area contributed by atoms with Crippen LogP contribution in [-0.4, -0.2) is 49.5 Å². The molecule has 0 aliphatic rings. The molecule has 40 heavy (non-hydrogen) atoms. The molecule has 0 spiro atoms. The summed E-state index contributed by atoms with van der Waals surface area (Å²) in [6.45, 7) is 6.72. The fourth-order valence-corrected chi connectivity index (χ4v) is 5.18. The molecule has 7 nitrogen and oxygen atoms in total. The predicted octanol–water partition coefficient (Wildman–Crippen LogP) is 4.71. The van der Waals surface area contributed by atoms with Crippen LogP contribution in [0.2, 0.25) is 0 Å². The third-order valence-corrected chi connectivity index (χ3v) is 7.52. The van der Waals surface area contributed by atoms with Gasteiger partial charge in [0.2, 0.25) is 21.8 Å². The maximum Gasteiger partial charge on any atom is 0.244 e. The Kier molecular flexibility index (Phi) is 10.1. The molecule has 0 aromatic heterocycles. The van der Waals surface area contributed by atoms with Crippen LogP contribution in [0.25, 0.3) is 0 Å². The second kappa shape index (κ2) is 13.1. The van der Waals surface area contributed by atoms with Gasteiger partial charge in [0.05, 0.1) is 11.9 Å². The number of amides is 2. The van der Waals surface area contributed by atoms with Crippen LogP contribution in [0.3, 0.4) is 0 Å². The van der Waals surface area contributed by atoms with E-state index in [1.165, 1.54) is 11.0 Å². The maximum absolute atomic E-state index is 14.8. The van der Waals surface area contributed by atoms with Gasteiger partial charge in [-0.25, -0.2) is 12.8 Å². The molecule has 0 bridgehead atoms. The number of hydrogen-bond donors (Lipinski definition) is 1. The van der Waals surface area contributed by atoms with Gasteiger partial charge < -0.3 is 10.2 Å². The molecule has 3 rings (SSSR count). The Morgan fingerprint density at radius 3 is 2.05 bits per heavy atom. The van der Waals surface area contributed by atoms with Crippen LogP contribution in [0.1, 0.15) is 44.4 Å². The quantitative estimate of drug-likeness (QED) is 0.364. The zero-order valence-electron chi connectivity index (χ0n) is 23.7. The van der Waals surface area contributed by atoms with E-state index in [9.17, 15) is 22.4 Å². The molecule has 3 aromatic carbocycles. The lowest BCUT2D eigenvalue weighted by atomic mass is 10.0. The molecule has 9 heteroatoms. The van der Waals surface area contributed by atoms with Crippen LogP contribution in [0.4, 0.5) is 10.1 Å². The zero-order chi connectivity index (χ0) is 29.5. The van der Waals surface area contributed by atoms with Crippen molar-refractivity contribution in [1.82, 2.24) is 10.2 Å². The van der Waals surface area contributed by atoms with E-state index in [1.54, 1.807) is 30.3 Å². The van der Waals surface area contributed by atoms with Gasteiger partial charge in [-0.1, -0.05) is 67.6 Å². The van der Waals surface area contributed by atoms with Crippen molar-refractivity contribution in [1.29, 1.82) is 0 Å². The lowest BCUT2D eigenvalue weighted by molar-refractivity contribution is -0.140. The van der Waals surface area contributed by atoms with Gasteiger partial charge in [-0.3, -0.25) is 13.9 Å². The summed E-state index contributed by atoms with van der Waals surface area (Å²) in [6, 6.07) is 21.2. The molecule has 0 saturated carbocycles. The summed E-state index contributed by atoms with van der Waals surface area (Å²) in [6.07, 6.45) is 1.97. The van der Waals surface area contributed by atoms with Crippen molar-refractivity contribution in [2.75, 3.05) is 17.1 Å². The summed E-state index contributed by atoms with van der Waals surface area (Å²) < 4.78 is 41.5. The van der Waals surface area contributed by atoms with Gasteiger partial charge in [0.15, 0.2) is 0 Å². The standard InChI is InChI=1S/C31H38FN3O4S/c1-6-23-16-18-26(19-17-23)35(40(5,38)39)22-29(36)34(21-25-14-10-11-15-27(25)32)28(30(37)33-31(2,3)4)20-24-12-8-7-9-13-24/h7-19,28H,6,20-22H2,1-5H3,(H,33,37)/t28-/m0/s1. The molecule has 3 aromatic rings. The Morgan fingerprint density at radius 1 is 0.900 bits per heavy atom. The zero-order valence-corrected chi connectivity index (χ0v) is 24.5. The number of benzene rings is 3. The van der Waals surface area contributed by atoms with E-state index in [2.05, 4.69) is 5.32 Å². The van der Waals surface area contributed by atoms with Crippen molar-refractivity contribution in [3.63, 3.8) is 0 Å². The first-order chi connectivity index (χ1) is 18.8. The van der Waals surface area contributed by atoms with Crippen LogP contribution in [0, 0.1) is 5.82 Å². The Morgan fingerprint density at radius 2 is 1.50 bits per heavy atom. The first-order valence-electron chi connectivity index (χ1n) is 13.2. The summed E-state index contributed by atoms with van der Waals surface area (Å²) in [5.41, 5.74) is 1.77. The highest BCUT2D eigenvalue weighted by Gasteiger charge is 2.34. The molecule has 0 aliphatic carbocycles. The first-order valence-corrected chi connectivity index (χ1v) is 15.1. The summed E-state index contributed by atoms with van der Waals surface area (Å²) >= 11 is 0. The number of nitrogens with one attached hydrogen (secondary N) is 1. The molecular weight excluding hydrogens is 529 g/mol. The lowest BCUT2D eigenvalue weighted by Crippen LogP contribution is -2.56. The Hall–Kier alpha value is -3.72. The van der Waals surface area contributed by atoms with Crippen LogP contribution >= 0.6 is 0 Å². The van der Waals surface area contributed by atoms with Gasteiger partial charge in [0, 0.05) is 24.1 Å². The number of halogens is 1. The van der Waals surface area contributed by atoms with Crippen molar-refractivity contribution >= 4 is 27.5 Å². The smallest absolute Gasteiger partial charge is 0.244 e. The number of aryl methyl sites for hydroxylation is 1. The van der Waals surface area contributed by atoms with Crippen LogP contribution in [0.5, 0.6) is 0 Å². The fraction of sp³-hybridized carbons (Fsp3) is 0.355. The topological polar surface area (TPSA) is 86.8 Å². The predicted molar refractivity (Wildman–Crippen MR) is 157 cm³/mol. The van der Waals surface area contributed by atoms with Crippen molar-refractivity contribution in [3.05, 3.63) is 101 Å². The Balaban J connectivity index is 2.07. The molecule has 0 radical (unpaired) electrons. The van der Waals surface area contributed by atoms with Gasteiger partial charge in [-0.15, -0.1) is 0 Å². The fourth-order valence-electron chi connectivity index (χ4n) is 4.33. The normalized spacial score (nSPS) is 12.4. The highest BCUT2D eigenvalue weighted by molar-refractivity contribution is 7.92. The largest absolute Gasteiger partial charge is 0.350 e. The average molecular weight is 568 g/mol. The van der Waals surface area contributed by atoms with Gasteiger partial charge in [-0.05, 0) is 56.5 Å². The number of carbonyl (C=O) groups is 2. The maximum atomic E-state index is 14.8. The van der Waals surface area contributed by atoms with Gasteiger partial charge in [-0.2, -0.15) is 0 Å². The minimum Gasteiger partial charge on any atom is -0.350 e. The number of rotatable bonds is 11. The second-order valence-electron chi connectivity index (χ2n) is 10.8. The minimum atomic E-state index is -3.87. The molecule has 1 N–H and O–H groups in total. The molecule has 214 valence electrons. The number of anilines is 1. The summed E-state index contributed by atoms with van der Waals surface area (Å²) in [7, 11) is -3.87. The second-order valence-corrected chi connectivity index (χ2v) is 12.8. The number of nitrogens with zero attached hydrogens (tertiary/aromatic N) is 2. The number of sulfonamides is 1. The Bertz CT molecular complexity index is 1400. The van der Waals surface area contributed by atoms with E-state index in [1.807, 2.05) is 70.2 Å². The van der Waals surface area contributed by atoms with Crippen molar-refractivity contribution in [2.24, 2.45) is 0 Å². The van der Waals surface area contributed by atoms with Crippen molar-refractivity contribution in [3.8, 4) is 0 Å². The van der Waals surface area contributed by atoms with E-state index >= 15 is 0 Å². The van der Waals surface area contributed by atoms with Crippen molar-refractivity contribution in [2.45, 2.75) is 58.7 Å². The molecule has 0 saturated heterocycles. The van der Waals surface area contributed by atoms with Crippen LogP contribution in [-0.2, 0) is 39.0 Å². The van der Waals surface area contributed by atoms with Crippen LogP contribution < -0.4 is 9.62 Å². The highest BCUT2D eigenvalue weighted by atomic mass is 32.2. The molecule has 0 unspecified atom stereocenters.